The molecule has 0 fully saturated rings. The lowest BCUT2D eigenvalue weighted by Gasteiger charge is -2.15. The highest BCUT2D eigenvalue weighted by Crippen LogP contribution is 2.26. The summed E-state index contributed by atoms with van der Waals surface area (Å²) >= 11 is 9.27. The van der Waals surface area contributed by atoms with Crippen LogP contribution in [-0.2, 0) is 10.0 Å². The largest absolute Gasteiger partial charge is 0.242 e. The third kappa shape index (κ3) is 4.07. The van der Waals surface area contributed by atoms with Crippen molar-refractivity contribution in [1.29, 1.82) is 0 Å². The lowest BCUT2D eigenvalue weighted by atomic mass is 10.1. The normalized spacial score (nSPS) is 13.1. The Kier molecular flexibility index (Phi) is 5.09. The topological polar surface area (TPSA) is 46.2 Å². The molecule has 21 heavy (non-hydrogen) atoms. The number of hydrogen-bond donors (Lipinski definition) is 1. The van der Waals surface area contributed by atoms with Gasteiger partial charge in [-0.15, -0.1) is 0 Å². The average Bonchev–Trinajstić information content (AvgIpc) is 2.38. The van der Waals surface area contributed by atoms with Gasteiger partial charge in [0.15, 0.2) is 0 Å². The number of benzene rings is 2. The highest BCUT2D eigenvalue weighted by atomic mass is 79.9. The monoisotopic (exact) mass is 387 g/mol. The molecule has 2 aromatic carbocycles. The summed E-state index contributed by atoms with van der Waals surface area (Å²) in [5.41, 5.74) is 2.03. The van der Waals surface area contributed by atoms with Crippen molar-refractivity contribution in [1.82, 2.24) is 4.72 Å². The quantitative estimate of drug-likeness (QED) is 0.841. The van der Waals surface area contributed by atoms with Crippen LogP contribution in [0.25, 0.3) is 0 Å². The van der Waals surface area contributed by atoms with Crippen LogP contribution in [0.4, 0.5) is 0 Å². The fourth-order valence-corrected chi connectivity index (χ4v) is 4.18. The number of rotatable bonds is 4. The Morgan fingerprint density at radius 1 is 1.14 bits per heavy atom. The van der Waals surface area contributed by atoms with E-state index >= 15 is 0 Å². The van der Waals surface area contributed by atoms with Crippen molar-refractivity contribution in [3.8, 4) is 0 Å². The van der Waals surface area contributed by atoms with Gasteiger partial charge in [0.2, 0.25) is 10.0 Å². The van der Waals surface area contributed by atoms with Gasteiger partial charge >= 0.3 is 0 Å². The number of nitrogens with one attached hydrogen (secondary N) is 1. The summed E-state index contributed by atoms with van der Waals surface area (Å²) in [6, 6.07) is 12.1. The molecule has 0 aliphatic heterocycles. The molecule has 0 amide bonds. The zero-order chi connectivity index (χ0) is 15.6. The Morgan fingerprint density at radius 2 is 1.76 bits per heavy atom. The van der Waals surface area contributed by atoms with Gasteiger partial charge in [0.05, 0.1) is 5.02 Å². The van der Waals surface area contributed by atoms with E-state index in [4.69, 9.17) is 11.6 Å². The molecule has 0 saturated carbocycles. The van der Waals surface area contributed by atoms with Gasteiger partial charge < -0.3 is 0 Å². The fourth-order valence-electron chi connectivity index (χ4n) is 1.91. The zero-order valence-electron chi connectivity index (χ0n) is 11.6. The van der Waals surface area contributed by atoms with Crippen molar-refractivity contribution in [2.45, 2.75) is 24.8 Å². The lowest BCUT2D eigenvalue weighted by Crippen LogP contribution is -2.27. The zero-order valence-corrected chi connectivity index (χ0v) is 14.8. The summed E-state index contributed by atoms with van der Waals surface area (Å²) in [5.74, 6) is 0. The highest BCUT2D eigenvalue weighted by molar-refractivity contribution is 9.10. The molecule has 0 spiro atoms. The molecule has 0 aliphatic rings. The molecule has 6 heteroatoms. The number of halogens is 2. The first-order valence-corrected chi connectivity index (χ1v) is 8.99. The molecule has 1 unspecified atom stereocenters. The minimum absolute atomic E-state index is 0.0753. The second kappa shape index (κ2) is 6.48. The molecule has 0 bridgehead atoms. The first-order valence-electron chi connectivity index (χ1n) is 6.33. The molecule has 0 aliphatic carbocycles. The Hall–Kier alpha value is -0.880. The molecule has 0 saturated heterocycles. The summed E-state index contributed by atoms with van der Waals surface area (Å²) in [4.78, 5) is 0.0753. The van der Waals surface area contributed by atoms with Crippen LogP contribution >= 0.6 is 27.5 Å². The molecule has 112 valence electrons. The first-order chi connectivity index (χ1) is 9.79. The number of hydrogen-bond acceptors (Lipinski definition) is 2. The summed E-state index contributed by atoms with van der Waals surface area (Å²) in [7, 11) is -3.67. The van der Waals surface area contributed by atoms with Crippen molar-refractivity contribution in [3.63, 3.8) is 0 Å². The molecule has 0 heterocycles. The maximum absolute atomic E-state index is 12.4. The average molecular weight is 389 g/mol. The van der Waals surface area contributed by atoms with Crippen LogP contribution in [0, 0.1) is 6.92 Å². The van der Waals surface area contributed by atoms with Crippen molar-refractivity contribution >= 4 is 37.6 Å². The first kappa shape index (κ1) is 16.5. The molecule has 1 N–H and O–H groups in total. The summed E-state index contributed by atoms with van der Waals surface area (Å²) in [6.45, 7) is 3.79. The van der Waals surface area contributed by atoms with Gasteiger partial charge in [0, 0.05) is 10.5 Å². The fraction of sp³-hybridized carbons (Fsp3) is 0.200. The summed E-state index contributed by atoms with van der Waals surface area (Å²) < 4.78 is 28.2. The van der Waals surface area contributed by atoms with Crippen molar-refractivity contribution in [2.75, 3.05) is 0 Å². The second-order valence-electron chi connectivity index (χ2n) is 4.83. The van der Waals surface area contributed by atoms with Gasteiger partial charge in [0.25, 0.3) is 0 Å². The van der Waals surface area contributed by atoms with Gasteiger partial charge in [-0.05, 0) is 37.6 Å². The van der Waals surface area contributed by atoms with E-state index in [2.05, 4.69) is 20.7 Å². The predicted molar refractivity (Wildman–Crippen MR) is 89.1 cm³/mol. The SMILES string of the molecule is Cc1ccc(C(C)NS(=O)(=O)c2ccc(Br)cc2Cl)cc1. The number of aryl methyl sites for hydroxylation is 1. The smallest absolute Gasteiger partial charge is 0.207 e. The standard InChI is InChI=1S/C15H15BrClNO2S/c1-10-3-5-12(6-4-10)11(2)18-21(19,20)15-8-7-13(16)9-14(15)17/h3-9,11,18H,1-2H3. The van der Waals surface area contributed by atoms with Crippen LogP contribution in [-0.4, -0.2) is 8.42 Å². The van der Waals surface area contributed by atoms with Gasteiger partial charge in [-0.2, -0.15) is 0 Å². The van der Waals surface area contributed by atoms with E-state index in [0.717, 1.165) is 15.6 Å². The molecular formula is C15H15BrClNO2S. The minimum atomic E-state index is -3.67. The van der Waals surface area contributed by atoms with Crippen molar-refractivity contribution in [2.24, 2.45) is 0 Å². The Balaban J connectivity index is 2.26. The highest BCUT2D eigenvalue weighted by Gasteiger charge is 2.21. The molecule has 0 aromatic heterocycles. The van der Waals surface area contributed by atoms with Gasteiger partial charge in [-0.1, -0.05) is 57.4 Å². The van der Waals surface area contributed by atoms with Crippen molar-refractivity contribution < 1.29 is 8.42 Å². The molecule has 1 atom stereocenters. The van der Waals surface area contributed by atoms with E-state index in [0.29, 0.717) is 0 Å². The predicted octanol–water partition coefficient (Wildman–Crippen LogP) is 4.45. The van der Waals surface area contributed by atoms with E-state index < -0.39 is 10.0 Å². The van der Waals surface area contributed by atoms with Crippen LogP contribution in [0.5, 0.6) is 0 Å². The van der Waals surface area contributed by atoms with Crippen LogP contribution in [0.3, 0.4) is 0 Å². The third-order valence-corrected chi connectivity index (χ3v) is 5.61. The molecule has 3 nitrogen and oxygen atoms in total. The second-order valence-corrected chi connectivity index (χ2v) is 7.83. The van der Waals surface area contributed by atoms with E-state index in [1.807, 2.05) is 31.2 Å². The molecule has 0 radical (unpaired) electrons. The van der Waals surface area contributed by atoms with Crippen LogP contribution in [0.15, 0.2) is 51.8 Å². The van der Waals surface area contributed by atoms with Crippen LogP contribution < -0.4 is 4.72 Å². The number of sulfonamides is 1. The maximum atomic E-state index is 12.4. The van der Waals surface area contributed by atoms with Crippen LogP contribution in [0.2, 0.25) is 5.02 Å². The Labute approximate surface area is 138 Å². The summed E-state index contributed by atoms with van der Waals surface area (Å²) in [5, 5.41) is 0.188. The molecule has 2 aromatic rings. The third-order valence-electron chi connectivity index (χ3n) is 3.09. The Morgan fingerprint density at radius 3 is 2.33 bits per heavy atom. The molecular weight excluding hydrogens is 374 g/mol. The Bertz CT molecular complexity index is 745. The van der Waals surface area contributed by atoms with E-state index in [9.17, 15) is 8.42 Å². The van der Waals surface area contributed by atoms with E-state index in [1.165, 1.54) is 6.07 Å². The maximum Gasteiger partial charge on any atom is 0.242 e. The molecule has 2 rings (SSSR count). The van der Waals surface area contributed by atoms with Gasteiger partial charge in [-0.25, -0.2) is 13.1 Å². The van der Waals surface area contributed by atoms with E-state index in [1.54, 1.807) is 19.1 Å². The van der Waals surface area contributed by atoms with Crippen LogP contribution in [0.1, 0.15) is 24.1 Å². The minimum Gasteiger partial charge on any atom is -0.207 e. The van der Waals surface area contributed by atoms with Crippen molar-refractivity contribution in [3.05, 3.63) is 63.1 Å². The van der Waals surface area contributed by atoms with E-state index in [-0.39, 0.29) is 16.0 Å². The van der Waals surface area contributed by atoms with Gasteiger partial charge in [-0.3, -0.25) is 0 Å². The van der Waals surface area contributed by atoms with Gasteiger partial charge in [0.1, 0.15) is 4.90 Å². The lowest BCUT2D eigenvalue weighted by molar-refractivity contribution is 0.567. The summed E-state index contributed by atoms with van der Waals surface area (Å²) in [6.07, 6.45) is 0.